The molecule has 168 valence electrons. The zero-order valence-corrected chi connectivity index (χ0v) is 19.4. The Labute approximate surface area is 189 Å². The SMILES string of the molecule is CCCC1=C(C(=O)OCC)[C@@H](c2ccc(N(CC)CC)cc2)n2c(nc3ccccc32)N1. The number of allylic oxidation sites excluding steroid dienone is 1. The topological polar surface area (TPSA) is 59.4 Å². The van der Waals surface area contributed by atoms with Gasteiger partial charge in [-0.15, -0.1) is 0 Å². The third-order valence-corrected chi connectivity index (χ3v) is 6.05. The van der Waals surface area contributed by atoms with E-state index >= 15 is 0 Å². The molecule has 1 atom stereocenters. The Balaban J connectivity index is 1.91. The van der Waals surface area contributed by atoms with Crippen molar-refractivity contribution in [3.8, 4) is 0 Å². The number of ether oxygens (including phenoxy) is 1. The summed E-state index contributed by atoms with van der Waals surface area (Å²) < 4.78 is 7.66. The van der Waals surface area contributed by atoms with Gasteiger partial charge in [0.25, 0.3) is 0 Å². The second kappa shape index (κ2) is 9.47. The zero-order chi connectivity index (χ0) is 22.7. The van der Waals surface area contributed by atoms with E-state index in [0.29, 0.717) is 12.2 Å². The van der Waals surface area contributed by atoms with Gasteiger partial charge in [-0.3, -0.25) is 4.57 Å². The summed E-state index contributed by atoms with van der Waals surface area (Å²) in [6.45, 7) is 10.5. The lowest BCUT2D eigenvalue weighted by molar-refractivity contribution is -0.139. The molecule has 2 heterocycles. The highest BCUT2D eigenvalue weighted by molar-refractivity contribution is 5.94. The lowest BCUT2D eigenvalue weighted by Gasteiger charge is -2.31. The number of aromatic nitrogens is 2. The van der Waals surface area contributed by atoms with Crippen molar-refractivity contribution in [2.24, 2.45) is 0 Å². The van der Waals surface area contributed by atoms with Gasteiger partial charge in [0.15, 0.2) is 0 Å². The normalized spacial score (nSPS) is 15.4. The Morgan fingerprint density at radius 1 is 1.06 bits per heavy atom. The fourth-order valence-electron chi connectivity index (χ4n) is 4.55. The van der Waals surface area contributed by atoms with Crippen molar-refractivity contribution < 1.29 is 9.53 Å². The molecule has 1 aliphatic rings. The Hall–Kier alpha value is -3.28. The van der Waals surface area contributed by atoms with Gasteiger partial charge in [-0.25, -0.2) is 9.78 Å². The van der Waals surface area contributed by atoms with E-state index in [4.69, 9.17) is 9.72 Å². The van der Waals surface area contributed by atoms with Crippen LogP contribution in [0, 0.1) is 0 Å². The van der Waals surface area contributed by atoms with Crippen LogP contribution in [0.1, 0.15) is 52.1 Å². The van der Waals surface area contributed by atoms with Crippen LogP contribution in [0.25, 0.3) is 11.0 Å². The van der Waals surface area contributed by atoms with E-state index < -0.39 is 0 Å². The first-order chi connectivity index (χ1) is 15.6. The van der Waals surface area contributed by atoms with E-state index in [0.717, 1.165) is 54.2 Å². The van der Waals surface area contributed by atoms with Gasteiger partial charge < -0.3 is 15.0 Å². The van der Waals surface area contributed by atoms with Gasteiger partial charge in [-0.2, -0.15) is 0 Å². The molecule has 32 heavy (non-hydrogen) atoms. The molecule has 4 rings (SSSR count). The van der Waals surface area contributed by atoms with Crippen LogP contribution in [0.5, 0.6) is 0 Å². The molecular formula is C26H32N4O2. The van der Waals surface area contributed by atoms with Gasteiger partial charge in [0.1, 0.15) is 0 Å². The molecule has 2 aromatic carbocycles. The van der Waals surface area contributed by atoms with Gasteiger partial charge in [-0.05, 0) is 57.0 Å². The van der Waals surface area contributed by atoms with Crippen LogP contribution < -0.4 is 10.2 Å². The molecule has 0 radical (unpaired) electrons. The smallest absolute Gasteiger partial charge is 0.338 e. The van der Waals surface area contributed by atoms with Crippen LogP contribution in [-0.4, -0.2) is 35.2 Å². The third kappa shape index (κ3) is 3.85. The van der Waals surface area contributed by atoms with E-state index in [1.165, 1.54) is 5.69 Å². The largest absolute Gasteiger partial charge is 0.463 e. The maximum atomic E-state index is 13.2. The van der Waals surface area contributed by atoms with Crippen molar-refractivity contribution in [2.75, 3.05) is 29.9 Å². The van der Waals surface area contributed by atoms with E-state index in [-0.39, 0.29) is 12.0 Å². The Kier molecular flexibility index (Phi) is 6.49. The summed E-state index contributed by atoms with van der Waals surface area (Å²) >= 11 is 0. The minimum Gasteiger partial charge on any atom is -0.463 e. The Morgan fingerprint density at radius 2 is 1.78 bits per heavy atom. The summed E-state index contributed by atoms with van der Waals surface area (Å²) in [6.07, 6.45) is 1.67. The molecule has 0 aliphatic carbocycles. The van der Waals surface area contributed by atoms with Crippen LogP contribution in [0.3, 0.4) is 0 Å². The van der Waals surface area contributed by atoms with Crippen LogP contribution >= 0.6 is 0 Å². The molecule has 0 bridgehead atoms. The van der Waals surface area contributed by atoms with Crippen molar-refractivity contribution >= 4 is 28.6 Å². The van der Waals surface area contributed by atoms with Crippen LogP contribution in [-0.2, 0) is 9.53 Å². The number of nitrogens with zero attached hydrogens (tertiary/aromatic N) is 3. The molecule has 0 spiro atoms. The molecule has 0 fully saturated rings. The van der Waals surface area contributed by atoms with Gasteiger partial charge in [0, 0.05) is 24.5 Å². The van der Waals surface area contributed by atoms with Gasteiger partial charge in [-0.1, -0.05) is 37.6 Å². The molecule has 6 nitrogen and oxygen atoms in total. The fraction of sp³-hybridized carbons (Fsp3) is 0.385. The summed E-state index contributed by atoms with van der Waals surface area (Å²) in [5.74, 6) is 0.491. The average molecular weight is 433 g/mol. The number of para-hydroxylation sites is 2. The van der Waals surface area contributed by atoms with Crippen molar-refractivity contribution in [1.82, 2.24) is 9.55 Å². The first kappa shape index (κ1) is 21.9. The van der Waals surface area contributed by atoms with Crippen LogP contribution in [0.15, 0.2) is 59.8 Å². The van der Waals surface area contributed by atoms with Crippen molar-refractivity contribution in [2.45, 2.75) is 46.6 Å². The highest BCUT2D eigenvalue weighted by Crippen LogP contribution is 2.41. The first-order valence-electron chi connectivity index (χ1n) is 11.6. The molecule has 0 saturated heterocycles. The Morgan fingerprint density at radius 3 is 2.44 bits per heavy atom. The van der Waals surface area contributed by atoms with E-state index in [1.807, 2.05) is 25.1 Å². The average Bonchev–Trinajstić information content (AvgIpc) is 3.18. The van der Waals surface area contributed by atoms with Gasteiger partial charge >= 0.3 is 5.97 Å². The quantitative estimate of drug-likeness (QED) is 0.475. The predicted octanol–water partition coefficient (Wildman–Crippen LogP) is 5.51. The first-order valence-corrected chi connectivity index (χ1v) is 11.6. The molecule has 1 N–H and O–H groups in total. The van der Waals surface area contributed by atoms with Crippen LogP contribution in [0.2, 0.25) is 0 Å². The van der Waals surface area contributed by atoms with Crippen LogP contribution in [0.4, 0.5) is 11.6 Å². The van der Waals surface area contributed by atoms with Crippen molar-refractivity contribution in [1.29, 1.82) is 0 Å². The zero-order valence-electron chi connectivity index (χ0n) is 19.4. The van der Waals surface area contributed by atoms with E-state index in [9.17, 15) is 4.79 Å². The number of esters is 1. The second-order valence-electron chi connectivity index (χ2n) is 7.95. The van der Waals surface area contributed by atoms with E-state index in [1.54, 1.807) is 0 Å². The van der Waals surface area contributed by atoms with Gasteiger partial charge in [0.2, 0.25) is 5.95 Å². The number of carbonyl (C=O) groups excluding carboxylic acids is 1. The van der Waals surface area contributed by atoms with Crippen molar-refractivity contribution in [3.05, 3.63) is 65.4 Å². The highest BCUT2D eigenvalue weighted by atomic mass is 16.5. The predicted molar refractivity (Wildman–Crippen MR) is 130 cm³/mol. The lowest BCUT2D eigenvalue weighted by Crippen LogP contribution is -2.30. The van der Waals surface area contributed by atoms with Gasteiger partial charge in [0.05, 0.1) is 29.3 Å². The number of benzene rings is 2. The molecule has 1 aliphatic heterocycles. The molecular weight excluding hydrogens is 400 g/mol. The number of carbonyl (C=O) groups is 1. The minimum atomic E-state index is -0.301. The lowest BCUT2D eigenvalue weighted by atomic mass is 9.93. The number of hydrogen-bond donors (Lipinski definition) is 1. The third-order valence-electron chi connectivity index (χ3n) is 6.05. The molecule has 0 saturated carbocycles. The molecule has 0 unspecified atom stereocenters. The molecule has 3 aromatic rings. The second-order valence-corrected chi connectivity index (χ2v) is 7.95. The number of imidazole rings is 1. The maximum absolute atomic E-state index is 13.2. The summed E-state index contributed by atoms with van der Waals surface area (Å²) in [6, 6.07) is 16.3. The minimum absolute atomic E-state index is 0.273. The number of nitrogens with one attached hydrogen (secondary N) is 1. The number of hydrogen-bond acceptors (Lipinski definition) is 5. The molecule has 6 heteroatoms. The summed E-state index contributed by atoms with van der Waals surface area (Å²) in [5, 5.41) is 3.45. The standard InChI is InChI=1S/C26H32N4O2/c1-5-11-21-23(25(31)32-8-4)24(18-14-16-19(17-15-18)29(6-2)7-3)30-22-13-10-9-12-20(22)27-26(30)28-21/h9-10,12-17,24H,5-8,11H2,1-4H3,(H,27,28)/t24-/m1/s1. The monoisotopic (exact) mass is 432 g/mol. The number of fused-ring (bicyclic) bond motifs is 3. The molecule has 0 amide bonds. The summed E-state index contributed by atoms with van der Waals surface area (Å²) in [5.41, 5.74) is 5.68. The fourth-order valence-corrected chi connectivity index (χ4v) is 4.55. The molecule has 1 aromatic heterocycles. The van der Waals surface area contributed by atoms with E-state index in [2.05, 4.69) is 65.9 Å². The Bertz CT molecular complexity index is 1130. The highest BCUT2D eigenvalue weighted by Gasteiger charge is 2.35. The summed E-state index contributed by atoms with van der Waals surface area (Å²) in [7, 11) is 0. The maximum Gasteiger partial charge on any atom is 0.338 e. The summed E-state index contributed by atoms with van der Waals surface area (Å²) in [4.78, 5) is 20.4. The number of rotatable bonds is 8. The number of anilines is 2. The van der Waals surface area contributed by atoms with Crippen molar-refractivity contribution in [3.63, 3.8) is 0 Å².